The van der Waals surface area contributed by atoms with Gasteiger partial charge >= 0.3 is 0 Å². The molecular formula is C12H11FN4S. The maximum absolute atomic E-state index is 12.8. The van der Waals surface area contributed by atoms with E-state index in [1.54, 1.807) is 12.1 Å². The first-order valence-electron chi connectivity index (χ1n) is 5.58. The molecular weight excluding hydrogens is 251 g/mol. The SMILES string of the molecule is Fc1ccc(Nc2nc(=S)[nH]c3c2CNC3)cc1. The van der Waals surface area contributed by atoms with Crippen molar-refractivity contribution in [2.24, 2.45) is 0 Å². The minimum Gasteiger partial charge on any atom is -0.340 e. The summed E-state index contributed by atoms with van der Waals surface area (Å²) in [5.74, 6) is 0.469. The topological polar surface area (TPSA) is 52.7 Å². The first-order chi connectivity index (χ1) is 8.72. The summed E-state index contributed by atoms with van der Waals surface area (Å²) in [4.78, 5) is 7.34. The van der Waals surface area contributed by atoms with Gasteiger partial charge in [-0.15, -0.1) is 0 Å². The van der Waals surface area contributed by atoms with E-state index in [-0.39, 0.29) is 5.82 Å². The molecule has 0 aliphatic carbocycles. The van der Waals surface area contributed by atoms with Gasteiger partial charge in [-0.3, -0.25) is 0 Å². The highest BCUT2D eigenvalue weighted by Gasteiger charge is 2.16. The van der Waals surface area contributed by atoms with Gasteiger partial charge in [0.05, 0.1) is 0 Å². The molecule has 0 saturated carbocycles. The molecule has 0 radical (unpaired) electrons. The number of nitrogens with zero attached hydrogens (tertiary/aromatic N) is 1. The fraction of sp³-hybridized carbons (Fsp3) is 0.167. The van der Waals surface area contributed by atoms with E-state index in [4.69, 9.17) is 12.2 Å². The van der Waals surface area contributed by atoms with Crippen LogP contribution in [0.25, 0.3) is 0 Å². The van der Waals surface area contributed by atoms with E-state index in [0.29, 0.717) is 4.77 Å². The van der Waals surface area contributed by atoms with Crippen LogP contribution in [-0.4, -0.2) is 9.97 Å². The predicted octanol–water partition coefficient (Wildman–Crippen LogP) is 2.63. The molecule has 0 unspecified atom stereocenters. The van der Waals surface area contributed by atoms with E-state index in [1.807, 2.05) is 0 Å². The molecule has 0 amide bonds. The summed E-state index contributed by atoms with van der Waals surface area (Å²) < 4.78 is 13.3. The van der Waals surface area contributed by atoms with Crippen LogP contribution in [0.4, 0.5) is 15.9 Å². The third-order valence-electron chi connectivity index (χ3n) is 2.83. The Bertz CT molecular complexity index is 636. The normalized spacial score (nSPS) is 13.4. The molecule has 1 aliphatic heterocycles. The van der Waals surface area contributed by atoms with Crippen molar-refractivity contribution in [3.63, 3.8) is 0 Å². The van der Waals surface area contributed by atoms with Crippen LogP contribution in [-0.2, 0) is 13.1 Å². The van der Waals surface area contributed by atoms with Crippen molar-refractivity contribution in [3.05, 3.63) is 46.1 Å². The second-order valence-electron chi connectivity index (χ2n) is 4.08. The van der Waals surface area contributed by atoms with Crippen LogP contribution in [0.1, 0.15) is 11.3 Å². The molecule has 2 aromatic rings. The summed E-state index contributed by atoms with van der Waals surface area (Å²) >= 11 is 5.08. The van der Waals surface area contributed by atoms with Gasteiger partial charge in [0, 0.05) is 30.0 Å². The molecule has 4 nitrogen and oxygen atoms in total. The van der Waals surface area contributed by atoms with Crippen LogP contribution in [0.5, 0.6) is 0 Å². The molecule has 0 saturated heterocycles. The van der Waals surface area contributed by atoms with Crippen LogP contribution in [0, 0.1) is 10.6 Å². The van der Waals surface area contributed by atoms with Gasteiger partial charge in [-0.25, -0.2) is 9.37 Å². The second-order valence-corrected chi connectivity index (χ2v) is 4.47. The van der Waals surface area contributed by atoms with Gasteiger partial charge in [0.25, 0.3) is 0 Å². The molecule has 0 spiro atoms. The smallest absolute Gasteiger partial charge is 0.199 e. The van der Waals surface area contributed by atoms with Gasteiger partial charge in [-0.1, -0.05) is 0 Å². The van der Waals surface area contributed by atoms with Crippen LogP contribution >= 0.6 is 12.2 Å². The molecule has 0 atom stereocenters. The zero-order chi connectivity index (χ0) is 12.5. The summed E-state index contributed by atoms with van der Waals surface area (Å²) in [5.41, 5.74) is 2.92. The summed E-state index contributed by atoms with van der Waals surface area (Å²) in [6, 6.07) is 6.16. The third-order valence-corrected chi connectivity index (χ3v) is 3.03. The van der Waals surface area contributed by atoms with Crippen molar-refractivity contribution in [1.82, 2.24) is 15.3 Å². The largest absolute Gasteiger partial charge is 0.340 e. The Hall–Kier alpha value is -1.79. The van der Waals surface area contributed by atoms with Gasteiger partial charge in [0.15, 0.2) is 4.77 Å². The highest BCUT2D eigenvalue weighted by atomic mass is 32.1. The Morgan fingerprint density at radius 3 is 2.78 bits per heavy atom. The fourth-order valence-electron chi connectivity index (χ4n) is 1.97. The number of hydrogen-bond donors (Lipinski definition) is 3. The molecule has 3 N–H and O–H groups in total. The lowest BCUT2D eigenvalue weighted by molar-refractivity contribution is 0.628. The summed E-state index contributed by atoms with van der Waals surface area (Å²) in [7, 11) is 0. The molecule has 92 valence electrons. The zero-order valence-electron chi connectivity index (χ0n) is 9.46. The Balaban J connectivity index is 1.98. The lowest BCUT2D eigenvalue weighted by atomic mass is 10.2. The maximum atomic E-state index is 12.8. The molecule has 0 bridgehead atoms. The Morgan fingerprint density at radius 2 is 2.00 bits per heavy atom. The number of H-pyrrole nitrogens is 1. The van der Waals surface area contributed by atoms with E-state index >= 15 is 0 Å². The molecule has 6 heteroatoms. The molecule has 1 aromatic carbocycles. The number of anilines is 2. The molecule has 3 rings (SSSR count). The summed E-state index contributed by atoms with van der Waals surface area (Å²) in [5, 5.41) is 6.40. The standard InChI is InChI=1S/C12H11FN4S/c13-7-1-3-8(4-2-7)15-11-9-5-14-6-10(9)16-12(18)17-11/h1-4,14H,5-6H2,(H2,15,16,17,18). The Labute approximate surface area is 108 Å². The van der Waals surface area contributed by atoms with Gasteiger partial charge in [-0.05, 0) is 36.5 Å². The highest BCUT2D eigenvalue weighted by Crippen LogP contribution is 2.23. The van der Waals surface area contributed by atoms with Crippen molar-refractivity contribution in [2.75, 3.05) is 5.32 Å². The van der Waals surface area contributed by atoms with E-state index in [0.717, 1.165) is 35.9 Å². The average Bonchev–Trinajstić information content (AvgIpc) is 2.80. The average molecular weight is 262 g/mol. The minimum absolute atomic E-state index is 0.259. The summed E-state index contributed by atoms with van der Waals surface area (Å²) in [6.45, 7) is 1.51. The summed E-state index contributed by atoms with van der Waals surface area (Å²) in [6.07, 6.45) is 0. The van der Waals surface area contributed by atoms with Crippen molar-refractivity contribution >= 4 is 23.7 Å². The fourth-order valence-corrected chi connectivity index (χ4v) is 2.19. The third kappa shape index (κ3) is 2.12. The van der Waals surface area contributed by atoms with Gasteiger partial charge in [0.1, 0.15) is 11.6 Å². The number of nitrogens with one attached hydrogen (secondary N) is 3. The number of halogens is 1. The zero-order valence-corrected chi connectivity index (χ0v) is 10.3. The van der Waals surface area contributed by atoms with Crippen LogP contribution < -0.4 is 10.6 Å². The number of rotatable bonds is 2. The minimum atomic E-state index is -0.259. The maximum Gasteiger partial charge on any atom is 0.199 e. The number of benzene rings is 1. The first kappa shape index (κ1) is 11.3. The van der Waals surface area contributed by atoms with Gasteiger partial charge in [0.2, 0.25) is 0 Å². The van der Waals surface area contributed by atoms with E-state index in [9.17, 15) is 4.39 Å². The number of hydrogen-bond acceptors (Lipinski definition) is 4. The van der Waals surface area contributed by atoms with E-state index in [1.165, 1.54) is 12.1 Å². The number of aromatic nitrogens is 2. The van der Waals surface area contributed by atoms with E-state index in [2.05, 4.69) is 20.6 Å². The van der Waals surface area contributed by atoms with Crippen LogP contribution in [0.2, 0.25) is 0 Å². The molecule has 1 aromatic heterocycles. The Kier molecular flexibility index (Phi) is 2.81. The van der Waals surface area contributed by atoms with Crippen molar-refractivity contribution in [1.29, 1.82) is 0 Å². The van der Waals surface area contributed by atoms with Crippen LogP contribution in [0.15, 0.2) is 24.3 Å². The first-order valence-corrected chi connectivity index (χ1v) is 5.98. The molecule has 18 heavy (non-hydrogen) atoms. The van der Waals surface area contributed by atoms with Crippen molar-refractivity contribution in [2.45, 2.75) is 13.1 Å². The van der Waals surface area contributed by atoms with E-state index < -0.39 is 0 Å². The quantitative estimate of drug-likeness (QED) is 0.728. The molecule has 2 heterocycles. The number of fused-ring (bicyclic) bond motifs is 1. The van der Waals surface area contributed by atoms with Crippen molar-refractivity contribution < 1.29 is 4.39 Å². The second kappa shape index (κ2) is 4.47. The monoisotopic (exact) mass is 262 g/mol. The predicted molar refractivity (Wildman–Crippen MR) is 69.6 cm³/mol. The van der Waals surface area contributed by atoms with Crippen molar-refractivity contribution in [3.8, 4) is 0 Å². The van der Waals surface area contributed by atoms with Gasteiger partial charge in [-0.2, -0.15) is 0 Å². The highest BCUT2D eigenvalue weighted by molar-refractivity contribution is 7.71. The molecule has 1 aliphatic rings. The Morgan fingerprint density at radius 1 is 1.22 bits per heavy atom. The van der Waals surface area contributed by atoms with Crippen LogP contribution in [0.3, 0.4) is 0 Å². The molecule has 0 fully saturated rings. The lowest BCUT2D eigenvalue weighted by Gasteiger charge is -2.09. The van der Waals surface area contributed by atoms with Gasteiger partial charge < -0.3 is 15.6 Å². The lowest BCUT2D eigenvalue weighted by Crippen LogP contribution is -2.02. The number of aromatic amines is 1.